The monoisotopic (exact) mass is 276 g/mol. The topological polar surface area (TPSA) is 38.0 Å². The Morgan fingerprint density at radius 1 is 1.42 bits per heavy atom. The van der Waals surface area contributed by atoms with Crippen LogP contribution in [-0.2, 0) is 6.18 Å². The molecule has 0 saturated carbocycles. The van der Waals surface area contributed by atoms with Gasteiger partial charge in [-0.25, -0.2) is 4.39 Å². The summed E-state index contributed by atoms with van der Waals surface area (Å²) in [6.07, 6.45) is -3.72. The maximum atomic E-state index is 13.2. The summed E-state index contributed by atoms with van der Waals surface area (Å²) < 4.78 is 51.8. The first-order chi connectivity index (χ1) is 8.75. The van der Waals surface area contributed by atoms with Crippen molar-refractivity contribution in [2.75, 3.05) is 0 Å². The van der Waals surface area contributed by atoms with Crippen LogP contribution in [0.15, 0.2) is 30.4 Å². The van der Waals surface area contributed by atoms with Gasteiger partial charge in [-0.1, -0.05) is 5.57 Å². The second-order valence-corrected chi connectivity index (χ2v) is 4.44. The van der Waals surface area contributed by atoms with E-state index in [-0.39, 0.29) is 5.56 Å². The highest BCUT2D eigenvalue weighted by molar-refractivity contribution is 5.33. The summed E-state index contributed by atoms with van der Waals surface area (Å²) in [6.45, 7) is 5.45. The Labute approximate surface area is 109 Å². The molecule has 0 radical (unpaired) electrons. The molecular formula is C13H16F4N2. The molecule has 0 aromatic heterocycles. The zero-order valence-corrected chi connectivity index (χ0v) is 10.5. The van der Waals surface area contributed by atoms with Crippen molar-refractivity contribution < 1.29 is 17.6 Å². The van der Waals surface area contributed by atoms with Crippen LogP contribution in [0.3, 0.4) is 0 Å². The number of nitrogens with one attached hydrogen (secondary N) is 1. The van der Waals surface area contributed by atoms with Crippen LogP contribution >= 0.6 is 0 Å². The van der Waals surface area contributed by atoms with Crippen LogP contribution in [-0.4, -0.2) is 0 Å². The van der Waals surface area contributed by atoms with Gasteiger partial charge in [0.25, 0.3) is 0 Å². The maximum absolute atomic E-state index is 13.2. The molecule has 2 nitrogen and oxygen atoms in total. The molecule has 106 valence electrons. The highest BCUT2D eigenvalue weighted by Crippen LogP contribution is 2.36. The molecule has 0 amide bonds. The van der Waals surface area contributed by atoms with Gasteiger partial charge in [0.1, 0.15) is 5.82 Å². The molecule has 0 fully saturated rings. The number of alkyl halides is 3. The van der Waals surface area contributed by atoms with E-state index < -0.39 is 23.6 Å². The predicted molar refractivity (Wildman–Crippen MR) is 65.5 cm³/mol. The van der Waals surface area contributed by atoms with E-state index in [1.807, 2.05) is 0 Å². The first-order valence-electron chi connectivity index (χ1n) is 5.73. The fourth-order valence-electron chi connectivity index (χ4n) is 1.80. The predicted octanol–water partition coefficient (Wildman–Crippen LogP) is 3.71. The number of allylic oxidation sites excluding steroid dienone is 1. The van der Waals surface area contributed by atoms with Crippen molar-refractivity contribution in [3.8, 4) is 0 Å². The molecule has 1 aromatic rings. The van der Waals surface area contributed by atoms with Gasteiger partial charge in [-0.3, -0.25) is 11.3 Å². The van der Waals surface area contributed by atoms with Crippen LogP contribution in [0, 0.1) is 5.82 Å². The average Bonchev–Trinajstić information content (AvgIpc) is 2.27. The van der Waals surface area contributed by atoms with Gasteiger partial charge < -0.3 is 0 Å². The van der Waals surface area contributed by atoms with Gasteiger partial charge in [0.2, 0.25) is 0 Å². The maximum Gasteiger partial charge on any atom is 0.416 e. The Morgan fingerprint density at radius 3 is 2.53 bits per heavy atom. The lowest BCUT2D eigenvalue weighted by Gasteiger charge is -2.21. The second kappa shape index (κ2) is 6.16. The van der Waals surface area contributed by atoms with Crippen molar-refractivity contribution in [2.45, 2.75) is 32.0 Å². The van der Waals surface area contributed by atoms with E-state index in [0.717, 1.165) is 23.8 Å². The quantitative estimate of drug-likeness (QED) is 0.372. The molecule has 0 heterocycles. The van der Waals surface area contributed by atoms with Gasteiger partial charge in [0.05, 0.1) is 5.56 Å². The number of rotatable bonds is 5. The summed E-state index contributed by atoms with van der Waals surface area (Å²) in [5.41, 5.74) is 2.07. The van der Waals surface area contributed by atoms with Crippen LogP contribution in [0.5, 0.6) is 0 Å². The lowest BCUT2D eigenvalue weighted by Crippen LogP contribution is -2.30. The van der Waals surface area contributed by atoms with Gasteiger partial charge in [0.15, 0.2) is 0 Å². The third kappa shape index (κ3) is 4.33. The van der Waals surface area contributed by atoms with Crippen LogP contribution in [0.2, 0.25) is 0 Å². The van der Waals surface area contributed by atoms with Gasteiger partial charge in [-0.2, -0.15) is 13.2 Å². The van der Waals surface area contributed by atoms with E-state index >= 15 is 0 Å². The SMILES string of the molecule is C=C(C)CCC(NN)c1cc(F)ccc1C(F)(F)F. The van der Waals surface area contributed by atoms with Crippen LogP contribution in [0.1, 0.15) is 36.9 Å². The fourth-order valence-corrected chi connectivity index (χ4v) is 1.80. The van der Waals surface area contributed by atoms with Gasteiger partial charge in [-0.15, -0.1) is 6.58 Å². The second-order valence-electron chi connectivity index (χ2n) is 4.44. The minimum absolute atomic E-state index is 0.184. The lowest BCUT2D eigenvalue weighted by molar-refractivity contribution is -0.138. The van der Waals surface area contributed by atoms with Crippen molar-refractivity contribution in [2.24, 2.45) is 5.84 Å². The molecule has 0 spiro atoms. The molecular weight excluding hydrogens is 260 g/mol. The van der Waals surface area contributed by atoms with Crippen molar-refractivity contribution >= 4 is 0 Å². The molecule has 1 rings (SSSR count). The summed E-state index contributed by atoms with van der Waals surface area (Å²) in [5, 5.41) is 0. The van der Waals surface area contributed by atoms with E-state index in [0.29, 0.717) is 12.8 Å². The Hall–Kier alpha value is -1.40. The molecule has 19 heavy (non-hydrogen) atoms. The molecule has 1 unspecified atom stereocenters. The number of hydrogen-bond acceptors (Lipinski definition) is 2. The van der Waals surface area contributed by atoms with Gasteiger partial charge in [-0.05, 0) is 43.5 Å². The number of nitrogens with two attached hydrogens (primary N) is 1. The summed E-state index contributed by atoms with van der Waals surface area (Å²) in [7, 11) is 0. The first kappa shape index (κ1) is 15.7. The molecule has 1 aromatic carbocycles. The largest absolute Gasteiger partial charge is 0.416 e. The number of halogens is 4. The van der Waals surface area contributed by atoms with E-state index in [1.165, 1.54) is 0 Å². The zero-order chi connectivity index (χ0) is 14.6. The number of hydrogen-bond donors (Lipinski definition) is 2. The van der Waals surface area contributed by atoms with Crippen molar-refractivity contribution in [3.05, 3.63) is 47.3 Å². The van der Waals surface area contributed by atoms with E-state index in [1.54, 1.807) is 6.92 Å². The molecule has 0 aliphatic carbocycles. The molecule has 6 heteroatoms. The average molecular weight is 276 g/mol. The Kier molecular flexibility index (Phi) is 5.08. The summed E-state index contributed by atoms with van der Waals surface area (Å²) in [4.78, 5) is 0. The summed E-state index contributed by atoms with van der Waals surface area (Å²) in [6, 6.07) is 1.62. The third-order valence-corrected chi connectivity index (χ3v) is 2.76. The van der Waals surface area contributed by atoms with Crippen LogP contribution in [0.25, 0.3) is 0 Å². The third-order valence-electron chi connectivity index (χ3n) is 2.76. The molecule has 0 aliphatic rings. The number of benzene rings is 1. The summed E-state index contributed by atoms with van der Waals surface area (Å²) >= 11 is 0. The van der Waals surface area contributed by atoms with Crippen molar-refractivity contribution in [1.29, 1.82) is 0 Å². The minimum Gasteiger partial charge on any atom is -0.271 e. The highest BCUT2D eigenvalue weighted by Gasteiger charge is 2.35. The minimum atomic E-state index is -4.54. The molecule has 0 saturated heterocycles. The first-order valence-corrected chi connectivity index (χ1v) is 5.73. The van der Waals surface area contributed by atoms with E-state index in [9.17, 15) is 17.6 Å². The Bertz CT molecular complexity index is 454. The molecule has 0 bridgehead atoms. The van der Waals surface area contributed by atoms with Crippen molar-refractivity contribution in [3.63, 3.8) is 0 Å². The molecule has 0 aliphatic heterocycles. The van der Waals surface area contributed by atoms with Gasteiger partial charge in [0, 0.05) is 6.04 Å². The van der Waals surface area contributed by atoms with Crippen molar-refractivity contribution in [1.82, 2.24) is 5.43 Å². The smallest absolute Gasteiger partial charge is 0.271 e. The normalized spacial score (nSPS) is 13.4. The molecule has 1 atom stereocenters. The van der Waals surface area contributed by atoms with E-state index in [4.69, 9.17) is 5.84 Å². The fraction of sp³-hybridized carbons (Fsp3) is 0.385. The lowest BCUT2D eigenvalue weighted by atomic mass is 9.95. The molecule has 3 N–H and O–H groups in total. The van der Waals surface area contributed by atoms with Crippen LogP contribution in [0.4, 0.5) is 17.6 Å². The Balaban J connectivity index is 3.14. The zero-order valence-electron chi connectivity index (χ0n) is 10.5. The van der Waals surface area contributed by atoms with E-state index in [2.05, 4.69) is 12.0 Å². The summed E-state index contributed by atoms with van der Waals surface area (Å²) in [5.74, 6) is 4.56. The van der Waals surface area contributed by atoms with Crippen LogP contribution < -0.4 is 11.3 Å². The Morgan fingerprint density at radius 2 is 2.05 bits per heavy atom. The number of hydrazine groups is 1. The standard InChI is InChI=1S/C13H16F4N2/c1-8(2)3-6-12(19-18)10-7-9(14)4-5-11(10)13(15,16)17/h4-5,7,12,19H,1,3,6,18H2,2H3. The van der Waals surface area contributed by atoms with Gasteiger partial charge >= 0.3 is 6.18 Å². The highest BCUT2D eigenvalue weighted by atomic mass is 19.4.